The number of halogens is 3. The molecule has 0 bridgehead atoms. The van der Waals surface area contributed by atoms with Crippen molar-refractivity contribution in [3.8, 4) is 0 Å². The van der Waals surface area contributed by atoms with Gasteiger partial charge in [0.15, 0.2) is 0 Å². The van der Waals surface area contributed by atoms with Crippen LogP contribution in [0.25, 0.3) is 0 Å². The van der Waals surface area contributed by atoms with Crippen LogP contribution in [0.4, 0.5) is 13.2 Å². The lowest BCUT2D eigenvalue weighted by Gasteiger charge is -2.28. The van der Waals surface area contributed by atoms with Crippen LogP contribution >= 0.6 is 0 Å². The summed E-state index contributed by atoms with van der Waals surface area (Å²) in [5.74, 6) is -1.93. The second-order valence-corrected chi connectivity index (χ2v) is 4.32. The molecule has 1 saturated heterocycles. The summed E-state index contributed by atoms with van der Waals surface area (Å²) >= 11 is 0. The number of hydrogen-bond acceptors (Lipinski definition) is 3. The fourth-order valence-electron chi connectivity index (χ4n) is 1.88. The molecule has 0 aliphatic carbocycles. The van der Waals surface area contributed by atoms with Crippen LogP contribution in [0.2, 0.25) is 0 Å². The summed E-state index contributed by atoms with van der Waals surface area (Å²) < 4.78 is 42.8. The van der Waals surface area contributed by atoms with E-state index in [1.807, 2.05) is 0 Å². The van der Waals surface area contributed by atoms with E-state index in [-0.39, 0.29) is 18.1 Å². The molecule has 3 nitrogen and oxygen atoms in total. The van der Waals surface area contributed by atoms with E-state index in [1.165, 1.54) is 12.1 Å². The van der Waals surface area contributed by atoms with Crippen molar-refractivity contribution in [2.45, 2.75) is 24.2 Å². The predicted molar refractivity (Wildman–Crippen MR) is 57.7 cm³/mol. The SMILES string of the molecule is NC(C[C@@H]1CO1)(C(=O)C(F)(F)F)c1ccccc1. The van der Waals surface area contributed by atoms with Gasteiger partial charge < -0.3 is 10.5 Å². The molecular formula is C12H12F3NO2. The van der Waals surface area contributed by atoms with Crippen molar-refractivity contribution >= 4 is 5.78 Å². The van der Waals surface area contributed by atoms with E-state index in [0.29, 0.717) is 6.61 Å². The van der Waals surface area contributed by atoms with E-state index in [9.17, 15) is 18.0 Å². The molecule has 2 atom stereocenters. The lowest BCUT2D eigenvalue weighted by Crippen LogP contribution is -2.52. The molecule has 6 heteroatoms. The van der Waals surface area contributed by atoms with Crippen LogP contribution in [0.1, 0.15) is 12.0 Å². The van der Waals surface area contributed by atoms with Gasteiger partial charge in [-0.3, -0.25) is 4.79 Å². The van der Waals surface area contributed by atoms with Gasteiger partial charge in [0.05, 0.1) is 12.7 Å². The molecule has 2 N–H and O–H groups in total. The van der Waals surface area contributed by atoms with Crippen LogP contribution < -0.4 is 5.73 Å². The highest BCUT2D eigenvalue weighted by Gasteiger charge is 2.53. The molecule has 98 valence electrons. The molecule has 1 unspecified atom stereocenters. The summed E-state index contributed by atoms with van der Waals surface area (Å²) in [7, 11) is 0. The van der Waals surface area contributed by atoms with Gasteiger partial charge in [-0.1, -0.05) is 30.3 Å². The molecule has 18 heavy (non-hydrogen) atoms. The Morgan fingerprint density at radius 2 is 1.89 bits per heavy atom. The number of nitrogens with two attached hydrogens (primary N) is 1. The van der Waals surface area contributed by atoms with Gasteiger partial charge >= 0.3 is 6.18 Å². The summed E-state index contributed by atoms with van der Waals surface area (Å²) in [6, 6.07) is 7.59. The second-order valence-electron chi connectivity index (χ2n) is 4.32. The third-order valence-corrected chi connectivity index (χ3v) is 2.90. The molecule has 1 aromatic carbocycles. The van der Waals surface area contributed by atoms with Gasteiger partial charge in [-0.2, -0.15) is 13.2 Å². The van der Waals surface area contributed by atoms with E-state index in [0.717, 1.165) is 0 Å². The van der Waals surface area contributed by atoms with Gasteiger partial charge in [0, 0.05) is 6.42 Å². The number of ketones is 1. The standard InChI is InChI=1S/C12H12F3NO2/c13-12(14,15)10(17)11(16,6-9-7-18-9)8-4-2-1-3-5-8/h1-5,9H,6-7,16H2/t9-,11?/m1/s1. The summed E-state index contributed by atoms with van der Waals surface area (Å²) in [6.45, 7) is 0.344. The topological polar surface area (TPSA) is 55.6 Å². The van der Waals surface area contributed by atoms with Gasteiger partial charge in [0.1, 0.15) is 5.54 Å². The van der Waals surface area contributed by atoms with Crippen LogP contribution in [0.3, 0.4) is 0 Å². The van der Waals surface area contributed by atoms with E-state index in [4.69, 9.17) is 10.5 Å². The van der Waals surface area contributed by atoms with Crippen LogP contribution in [0.15, 0.2) is 30.3 Å². The molecule has 0 radical (unpaired) electrons. The van der Waals surface area contributed by atoms with Crippen molar-refractivity contribution in [3.05, 3.63) is 35.9 Å². The predicted octanol–water partition coefficient (Wildman–Crippen LogP) is 1.76. The maximum Gasteiger partial charge on any atom is 0.452 e. The summed E-state index contributed by atoms with van der Waals surface area (Å²) in [5, 5.41) is 0. The molecule has 1 fully saturated rings. The fraction of sp³-hybridized carbons (Fsp3) is 0.417. The average molecular weight is 259 g/mol. The first-order chi connectivity index (χ1) is 8.34. The first-order valence-corrected chi connectivity index (χ1v) is 5.41. The van der Waals surface area contributed by atoms with Crippen LogP contribution in [-0.4, -0.2) is 24.7 Å². The largest absolute Gasteiger partial charge is 0.452 e. The first-order valence-electron chi connectivity index (χ1n) is 5.41. The number of rotatable bonds is 4. The number of epoxide rings is 1. The Kier molecular flexibility index (Phi) is 3.16. The molecular weight excluding hydrogens is 247 g/mol. The molecule has 0 amide bonds. The van der Waals surface area contributed by atoms with Crippen molar-refractivity contribution in [2.24, 2.45) is 5.73 Å². The Morgan fingerprint density at radius 1 is 1.33 bits per heavy atom. The highest BCUT2D eigenvalue weighted by atomic mass is 19.4. The molecule has 1 aliphatic heterocycles. The monoisotopic (exact) mass is 259 g/mol. The van der Waals surface area contributed by atoms with Crippen LogP contribution in [0, 0.1) is 0 Å². The van der Waals surface area contributed by atoms with E-state index in [1.54, 1.807) is 18.2 Å². The Morgan fingerprint density at radius 3 is 2.33 bits per heavy atom. The second kappa shape index (κ2) is 4.37. The smallest absolute Gasteiger partial charge is 0.373 e. The Hall–Kier alpha value is -1.40. The first kappa shape index (κ1) is 13.0. The average Bonchev–Trinajstić information content (AvgIpc) is 3.11. The highest BCUT2D eigenvalue weighted by Crippen LogP contribution is 2.35. The van der Waals surface area contributed by atoms with Crippen molar-refractivity contribution in [1.29, 1.82) is 0 Å². The molecule has 1 aliphatic rings. The van der Waals surface area contributed by atoms with Crippen molar-refractivity contribution < 1.29 is 22.7 Å². The Labute approximate surface area is 102 Å². The molecule has 1 aromatic rings. The van der Waals surface area contributed by atoms with E-state index >= 15 is 0 Å². The van der Waals surface area contributed by atoms with Gasteiger partial charge in [0.2, 0.25) is 0 Å². The number of benzene rings is 1. The van der Waals surface area contributed by atoms with Gasteiger partial charge in [0.25, 0.3) is 5.78 Å². The molecule has 2 rings (SSSR count). The number of carbonyl (C=O) groups excluding carboxylic acids is 1. The van der Waals surface area contributed by atoms with Crippen molar-refractivity contribution in [2.75, 3.05) is 6.61 Å². The number of carbonyl (C=O) groups is 1. The van der Waals surface area contributed by atoms with Gasteiger partial charge in [-0.15, -0.1) is 0 Å². The summed E-state index contributed by atoms with van der Waals surface area (Å²) in [5.41, 5.74) is 3.83. The van der Waals surface area contributed by atoms with Gasteiger partial charge in [-0.05, 0) is 5.56 Å². The van der Waals surface area contributed by atoms with Crippen LogP contribution in [0.5, 0.6) is 0 Å². The highest BCUT2D eigenvalue weighted by molar-refractivity contribution is 5.94. The minimum Gasteiger partial charge on any atom is -0.373 e. The number of ether oxygens (including phenoxy) is 1. The number of alkyl halides is 3. The summed E-state index contributed by atoms with van der Waals surface area (Å²) in [4.78, 5) is 11.5. The van der Waals surface area contributed by atoms with Gasteiger partial charge in [-0.25, -0.2) is 0 Å². The quantitative estimate of drug-likeness (QED) is 0.838. The lowest BCUT2D eigenvalue weighted by molar-refractivity contribution is -0.178. The van der Waals surface area contributed by atoms with Crippen LogP contribution in [-0.2, 0) is 15.1 Å². The third-order valence-electron chi connectivity index (χ3n) is 2.90. The molecule has 0 spiro atoms. The number of hydrogen-bond donors (Lipinski definition) is 1. The maximum absolute atomic E-state index is 12.6. The zero-order valence-corrected chi connectivity index (χ0v) is 9.41. The third kappa shape index (κ3) is 2.54. The Bertz CT molecular complexity index is 442. The van der Waals surface area contributed by atoms with Crippen molar-refractivity contribution in [1.82, 2.24) is 0 Å². The van der Waals surface area contributed by atoms with E-state index in [2.05, 4.69) is 0 Å². The zero-order valence-electron chi connectivity index (χ0n) is 9.41. The minimum absolute atomic E-state index is 0.155. The maximum atomic E-state index is 12.6. The molecule has 0 saturated carbocycles. The molecule has 0 aromatic heterocycles. The number of Topliss-reactive ketones (excluding diaryl/α,β-unsaturated/α-hetero) is 1. The summed E-state index contributed by atoms with van der Waals surface area (Å²) in [6.07, 6.45) is -5.49. The zero-order chi connectivity index (χ0) is 13.4. The lowest BCUT2D eigenvalue weighted by atomic mass is 9.82. The fourth-order valence-corrected chi connectivity index (χ4v) is 1.88. The van der Waals surface area contributed by atoms with E-state index < -0.39 is 17.5 Å². The minimum atomic E-state index is -4.96. The normalized spacial score (nSPS) is 22.3. The molecule has 1 heterocycles. The van der Waals surface area contributed by atoms with Crippen molar-refractivity contribution in [3.63, 3.8) is 0 Å². The Balaban J connectivity index is 2.37.